The SMILES string of the molecule is O=C(C1=C(c2c(O)c3cc(Cl)ccc3oc2=O)C(O)(c2ccc(F)cc2)N2CCCN=C12)c1ccccc1. The van der Waals surface area contributed by atoms with Gasteiger partial charge < -0.3 is 19.5 Å². The van der Waals surface area contributed by atoms with E-state index in [2.05, 4.69) is 4.99 Å². The van der Waals surface area contributed by atoms with Crippen LogP contribution in [0.1, 0.15) is 27.9 Å². The van der Waals surface area contributed by atoms with Gasteiger partial charge in [0.25, 0.3) is 0 Å². The van der Waals surface area contributed by atoms with Crippen LogP contribution in [-0.2, 0) is 5.72 Å². The maximum Gasteiger partial charge on any atom is 0.347 e. The van der Waals surface area contributed by atoms with E-state index >= 15 is 0 Å². The quantitative estimate of drug-likeness (QED) is 0.288. The number of aliphatic imine (C=N–C) groups is 1. The number of carbonyl (C=O) groups excluding carboxylic acids is 1. The molecule has 4 aromatic rings. The highest BCUT2D eigenvalue weighted by atomic mass is 35.5. The molecule has 38 heavy (non-hydrogen) atoms. The van der Waals surface area contributed by atoms with Crippen LogP contribution in [0.3, 0.4) is 0 Å². The second-order valence-corrected chi connectivity index (χ2v) is 9.52. The highest BCUT2D eigenvalue weighted by Gasteiger charge is 2.54. The molecule has 3 heterocycles. The number of benzene rings is 3. The number of amidine groups is 1. The zero-order valence-electron chi connectivity index (χ0n) is 19.8. The number of Topliss-reactive ketones (excluding diaryl/α,β-unsaturated/α-hetero) is 1. The summed E-state index contributed by atoms with van der Waals surface area (Å²) < 4.78 is 19.4. The van der Waals surface area contributed by atoms with Crippen LogP contribution < -0.4 is 5.63 Å². The van der Waals surface area contributed by atoms with Crippen molar-refractivity contribution in [1.82, 2.24) is 4.90 Å². The van der Waals surface area contributed by atoms with Crippen molar-refractivity contribution in [2.24, 2.45) is 4.99 Å². The number of carbonyl (C=O) groups is 1. The van der Waals surface area contributed by atoms with Gasteiger partial charge in [0.15, 0.2) is 11.5 Å². The van der Waals surface area contributed by atoms with Gasteiger partial charge in [-0.25, -0.2) is 9.18 Å². The monoisotopic (exact) mass is 530 g/mol. The van der Waals surface area contributed by atoms with Gasteiger partial charge in [0.1, 0.15) is 28.5 Å². The third-order valence-electron chi connectivity index (χ3n) is 6.87. The average molecular weight is 531 g/mol. The summed E-state index contributed by atoms with van der Waals surface area (Å²) in [5, 5.41) is 24.4. The summed E-state index contributed by atoms with van der Waals surface area (Å²) in [6.45, 7) is 0.672. The smallest absolute Gasteiger partial charge is 0.347 e. The Morgan fingerprint density at radius 2 is 1.82 bits per heavy atom. The van der Waals surface area contributed by atoms with E-state index in [-0.39, 0.29) is 45.1 Å². The van der Waals surface area contributed by atoms with E-state index in [9.17, 15) is 24.2 Å². The van der Waals surface area contributed by atoms with Gasteiger partial charge in [0.05, 0.1) is 11.0 Å². The van der Waals surface area contributed by atoms with Crippen molar-refractivity contribution in [3.63, 3.8) is 0 Å². The Labute approximate surface area is 220 Å². The first-order valence-electron chi connectivity index (χ1n) is 11.9. The minimum Gasteiger partial charge on any atom is -0.506 e. The van der Waals surface area contributed by atoms with Crippen molar-refractivity contribution >= 4 is 39.8 Å². The van der Waals surface area contributed by atoms with Crippen LogP contribution in [0.25, 0.3) is 16.5 Å². The van der Waals surface area contributed by atoms with Crippen LogP contribution in [0.2, 0.25) is 5.02 Å². The lowest BCUT2D eigenvalue weighted by atomic mass is 9.86. The molecule has 0 saturated carbocycles. The van der Waals surface area contributed by atoms with Crippen molar-refractivity contribution in [1.29, 1.82) is 0 Å². The lowest BCUT2D eigenvalue weighted by Gasteiger charge is -2.39. The van der Waals surface area contributed by atoms with E-state index in [0.717, 1.165) is 0 Å². The molecule has 190 valence electrons. The molecule has 1 unspecified atom stereocenters. The fraction of sp³-hybridized carbons (Fsp3) is 0.138. The molecule has 3 aromatic carbocycles. The maximum absolute atomic E-state index is 14.0. The lowest BCUT2D eigenvalue weighted by molar-refractivity contribution is -0.0169. The van der Waals surface area contributed by atoms with Gasteiger partial charge in [-0.1, -0.05) is 54.1 Å². The van der Waals surface area contributed by atoms with Crippen molar-refractivity contribution in [3.8, 4) is 5.75 Å². The third-order valence-corrected chi connectivity index (χ3v) is 7.11. The lowest BCUT2D eigenvalue weighted by Crippen LogP contribution is -2.48. The van der Waals surface area contributed by atoms with Gasteiger partial charge in [0.2, 0.25) is 0 Å². The predicted molar refractivity (Wildman–Crippen MR) is 141 cm³/mol. The Balaban J connectivity index is 1.76. The summed E-state index contributed by atoms with van der Waals surface area (Å²) in [7, 11) is 0. The number of ketones is 1. The second kappa shape index (κ2) is 8.93. The molecule has 7 nitrogen and oxygen atoms in total. The number of aliphatic hydroxyl groups is 1. The Kier molecular flexibility index (Phi) is 5.66. The standard InChI is InChI=1S/C29H20ClFN2O5/c30-18-9-12-21-20(15-18)26(35)23(28(36)38-21)24-22(25(34)16-5-2-1-3-6-16)27-32-13-4-14-33(27)29(24,37)17-7-10-19(31)11-8-17/h1-3,5-12,15,35,37H,4,13-14H2. The first-order chi connectivity index (χ1) is 18.3. The highest BCUT2D eigenvalue weighted by Crippen LogP contribution is 2.51. The summed E-state index contributed by atoms with van der Waals surface area (Å²) in [5.74, 6) is -1.36. The summed E-state index contributed by atoms with van der Waals surface area (Å²) >= 11 is 6.16. The van der Waals surface area contributed by atoms with E-state index in [1.54, 1.807) is 30.3 Å². The van der Waals surface area contributed by atoms with E-state index in [1.165, 1.54) is 47.4 Å². The van der Waals surface area contributed by atoms with Crippen LogP contribution in [0, 0.1) is 5.82 Å². The van der Waals surface area contributed by atoms with Gasteiger partial charge >= 0.3 is 5.63 Å². The summed E-state index contributed by atoms with van der Waals surface area (Å²) in [5.41, 5.74) is -3.19. The van der Waals surface area contributed by atoms with Gasteiger partial charge in [-0.15, -0.1) is 0 Å². The summed E-state index contributed by atoms with van der Waals surface area (Å²) in [4.78, 5) is 33.6. The van der Waals surface area contributed by atoms with Gasteiger partial charge in [-0.05, 0) is 36.8 Å². The molecule has 0 spiro atoms. The third kappa shape index (κ3) is 3.56. The molecular formula is C29H20ClFN2O5. The summed E-state index contributed by atoms with van der Waals surface area (Å²) in [6, 6.07) is 17.8. The van der Waals surface area contributed by atoms with E-state index in [1.807, 2.05) is 0 Å². The van der Waals surface area contributed by atoms with Crippen molar-refractivity contribution < 1.29 is 23.8 Å². The first kappa shape index (κ1) is 24.1. The zero-order valence-corrected chi connectivity index (χ0v) is 20.6. The molecule has 0 fully saturated rings. The van der Waals surface area contributed by atoms with Gasteiger partial charge in [-0.2, -0.15) is 0 Å². The van der Waals surface area contributed by atoms with Gasteiger partial charge in [0, 0.05) is 34.8 Å². The minimum atomic E-state index is -2.15. The Morgan fingerprint density at radius 3 is 2.55 bits per heavy atom. The molecule has 6 rings (SSSR count). The van der Waals surface area contributed by atoms with Crippen molar-refractivity contribution in [3.05, 3.63) is 116 Å². The topological polar surface area (TPSA) is 103 Å². The maximum atomic E-state index is 14.0. The van der Waals surface area contributed by atoms with Crippen LogP contribution >= 0.6 is 11.6 Å². The van der Waals surface area contributed by atoms with Crippen LogP contribution in [0.5, 0.6) is 5.75 Å². The number of hydrogen-bond donors (Lipinski definition) is 2. The van der Waals surface area contributed by atoms with E-state index < -0.39 is 34.3 Å². The molecule has 0 aliphatic carbocycles. The Bertz CT molecular complexity index is 1730. The van der Waals surface area contributed by atoms with Crippen LogP contribution in [0.4, 0.5) is 4.39 Å². The molecule has 1 aromatic heterocycles. The second-order valence-electron chi connectivity index (χ2n) is 9.09. The summed E-state index contributed by atoms with van der Waals surface area (Å²) in [6.07, 6.45) is 0.557. The molecule has 0 bridgehead atoms. The molecular weight excluding hydrogens is 511 g/mol. The largest absolute Gasteiger partial charge is 0.506 e. The normalized spacial score (nSPS) is 19.0. The fourth-order valence-electron chi connectivity index (χ4n) is 5.16. The molecule has 1 atom stereocenters. The van der Waals surface area contributed by atoms with Crippen LogP contribution in [0.15, 0.2) is 92.6 Å². The van der Waals surface area contributed by atoms with Crippen molar-refractivity contribution in [2.75, 3.05) is 13.1 Å². The number of fused-ring (bicyclic) bond motifs is 2. The Hall–Kier alpha value is -4.27. The highest BCUT2D eigenvalue weighted by molar-refractivity contribution is 6.34. The molecule has 0 radical (unpaired) electrons. The Morgan fingerprint density at radius 1 is 1.08 bits per heavy atom. The molecule has 9 heteroatoms. The number of halogens is 2. The molecule has 2 N–H and O–H groups in total. The molecule has 0 saturated heterocycles. The van der Waals surface area contributed by atoms with Gasteiger partial charge in [-0.3, -0.25) is 9.79 Å². The predicted octanol–water partition coefficient (Wildman–Crippen LogP) is 4.89. The molecule has 2 aliphatic rings. The minimum absolute atomic E-state index is 0.0493. The number of aromatic hydroxyl groups is 1. The number of hydrogen-bond acceptors (Lipinski definition) is 7. The molecule has 0 amide bonds. The number of rotatable bonds is 4. The first-order valence-corrected chi connectivity index (χ1v) is 12.3. The van der Waals surface area contributed by atoms with Crippen LogP contribution in [-0.4, -0.2) is 39.8 Å². The van der Waals surface area contributed by atoms with E-state index in [0.29, 0.717) is 18.5 Å². The number of nitrogens with zero attached hydrogens (tertiary/aromatic N) is 2. The fourth-order valence-corrected chi connectivity index (χ4v) is 5.34. The average Bonchev–Trinajstić information content (AvgIpc) is 3.19. The zero-order chi connectivity index (χ0) is 26.6. The van der Waals surface area contributed by atoms with Crippen molar-refractivity contribution in [2.45, 2.75) is 12.1 Å². The molecule has 2 aliphatic heterocycles. The van der Waals surface area contributed by atoms with E-state index in [4.69, 9.17) is 16.0 Å².